The van der Waals surface area contributed by atoms with Crippen molar-refractivity contribution in [3.05, 3.63) is 30.1 Å². The van der Waals surface area contributed by atoms with Gasteiger partial charge in [0.15, 0.2) is 0 Å². The van der Waals surface area contributed by atoms with E-state index in [0.29, 0.717) is 17.3 Å². The van der Waals surface area contributed by atoms with Crippen LogP contribution in [0.4, 0.5) is 10.7 Å². The Labute approximate surface area is 200 Å². The molecule has 4 rings (SSSR count). The highest BCUT2D eigenvalue weighted by molar-refractivity contribution is 7.20. The maximum atomic E-state index is 12.6. The third kappa shape index (κ3) is 4.87. The Kier molecular flexibility index (Phi) is 7.24. The second-order valence-electron chi connectivity index (χ2n) is 9.24. The number of carbonyl (C=O) groups excluding carboxylic acids is 1. The molecule has 3 aromatic rings. The second-order valence-corrected chi connectivity index (χ2v) is 10.2. The van der Waals surface area contributed by atoms with Gasteiger partial charge < -0.3 is 24.8 Å². The van der Waals surface area contributed by atoms with E-state index in [0.717, 1.165) is 46.0 Å². The molecule has 2 aromatic heterocycles. The number of imidazole rings is 1. The molecule has 0 saturated heterocycles. The minimum absolute atomic E-state index is 0.396. The molecule has 0 unspecified atom stereocenters. The van der Waals surface area contributed by atoms with Crippen LogP contribution in [-0.4, -0.2) is 61.8 Å². The molecule has 1 aliphatic carbocycles. The predicted octanol–water partition coefficient (Wildman–Crippen LogP) is 5.03. The fourth-order valence-electron chi connectivity index (χ4n) is 4.76. The van der Waals surface area contributed by atoms with Crippen molar-refractivity contribution < 1.29 is 9.53 Å². The zero-order valence-corrected chi connectivity index (χ0v) is 21.0. The molecule has 2 heterocycles. The number of thiophene rings is 1. The summed E-state index contributed by atoms with van der Waals surface area (Å²) in [6, 6.07) is 6.87. The van der Waals surface area contributed by atoms with E-state index in [4.69, 9.17) is 15.5 Å². The van der Waals surface area contributed by atoms with E-state index in [-0.39, 0.29) is 0 Å². The normalized spacial score (nSPS) is 14.8. The van der Waals surface area contributed by atoms with Crippen LogP contribution in [0, 0.1) is 0 Å². The minimum atomic E-state index is -0.396. The number of nitrogens with two attached hydrogens (primary N) is 1. The van der Waals surface area contributed by atoms with Crippen LogP contribution >= 0.6 is 11.3 Å². The van der Waals surface area contributed by atoms with E-state index in [1.54, 1.807) is 11.3 Å². The Bertz CT molecular complexity index is 1110. The lowest BCUT2D eigenvalue weighted by molar-refractivity contribution is 0.0603. The van der Waals surface area contributed by atoms with Gasteiger partial charge in [-0.25, -0.2) is 9.78 Å². The standard InChI is InChI=1S/C25H35N5O2S/c1-28(2)13-8-14-29(3)24-21(25(31)32-4)22(26)23(33-24)17-11-12-20-19(15-17)27-16-30(20)18-9-6-5-7-10-18/h11-12,15-16,18H,5-10,13-14,26H2,1-4H3. The van der Waals surface area contributed by atoms with Gasteiger partial charge in [-0.1, -0.05) is 25.3 Å². The number of hydrogen-bond acceptors (Lipinski definition) is 7. The van der Waals surface area contributed by atoms with E-state index in [1.165, 1.54) is 39.2 Å². The smallest absolute Gasteiger partial charge is 0.343 e. The molecule has 0 amide bonds. The topological polar surface area (TPSA) is 76.6 Å². The van der Waals surface area contributed by atoms with Gasteiger partial charge in [0.05, 0.1) is 35.0 Å². The predicted molar refractivity (Wildman–Crippen MR) is 137 cm³/mol. The number of nitrogens with zero attached hydrogens (tertiary/aromatic N) is 4. The molecule has 8 heteroatoms. The molecule has 0 radical (unpaired) electrons. The minimum Gasteiger partial charge on any atom is -0.465 e. The number of esters is 1. The van der Waals surface area contributed by atoms with Gasteiger partial charge in [-0.3, -0.25) is 0 Å². The van der Waals surface area contributed by atoms with Gasteiger partial charge in [-0.15, -0.1) is 11.3 Å². The van der Waals surface area contributed by atoms with Crippen molar-refractivity contribution in [2.45, 2.75) is 44.6 Å². The number of rotatable bonds is 8. The van der Waals surface area contributed by atoms with Crippen molar-refractivity contribution in [3.63, 3.8) is 0 Å². The van der Waals surface area contributed by atoms with Gasteiger partial charge in [-0.05, 0) is 57.6 Å². The van der Waals surface area contributed by atoms with Crippen LogP contribution < -0.4 is 10.6 Å². The lowest BCUT2D eigenvalue weighted by atomic mass is 9.95. The summed E-state index contributed by atoms with van der Waals surface area (Å²) in [5.41, 5.74) is 10.6. The van der Waals surface area contributed by atoms with Gasteiger partial charge in [0.2, 0.25) is 0 Å². The average Bonchev–Trinajstić information content (AvgIpc) is 3.39. The largest absolute Gasteiger partial charge is 0.465 e. The first-order valence-electron chi connectivity index (χ1n) is 11.7. The molecular weight excluding hydrogens is 434 g/mol. The van der Waals surface area contributed by atoms with Gasteiger partial charge in [0, 0.05) is 19.6 Å². The SMILES string of the molecule is COC(=O)c1c(N(C)CCCN(C)C)sc(-c2ccc3c(c2)ncn3C2CCCCC2)c1N. The second kappa shape index (κ2) is 10.1. The lowest BCUT2D eigenvalue weighted by Gasteiger charge is -2.23. The number of fused-ring (bicyclic) bond motifs is 1. The van der Waals surface area contributed by atoms with Crippen LogP contribution in [0.2, 0.25) is 0 Å². The maximum absolute atomic E-state index is 12.6. The Morgan fingerprint density at radius 3 is 2.67 bits per heavy atom. The van der Waals surface area contributed by atoms with Gasteiger partial charge in [-0.2, -0.15) is 0 Å². The third-order valence-electron chi connectivity index (χ3n) is 6.57. The van der Waals surface area contributed by atoms with Crippen molar-refractivity contribution in [2.24, 2.45) is 0 Å². The van der Waals surface area contributed by atoms with Crippen LogP contribution in [0.5, 0.6) is 0 Å². The third-order valence-corrected chi connectivity index (χ3v) is 7.94. The summed E-state index contributed by atoms with van der Waals surface area (Å²) >= 11 is 1.55. The van der Waals surface area contributed by atoms with Gasteiger partial charge in [0.1, 0.15) is 10.6 Å². The van der Waals surface area contributed by atoms with E-state index in [2.05, 4.69) is 46.7 Å². The molecule has 33 heavy (non-hydrogen) atoms. The number of anilines is 2. The zero-order chi connectivity index (χ0) is 23.5. The number of benzene rings is 1. The van der Waals surface area contributed by atoms with Crippen LogP contribution in [-0.2, 0) is 4.74 Å². The first-order valence-corrected chi connectivity index (χ1v) is 12.6. The number of hydrogen-bond donors (Lipinski definition) is 1. The van der Waals surface area contributed by atoms with E-state index < -0.39 is 5.97 Å². The molecule has 178 valence electrons. The molecule has 0 spiro atoms. The molecule has 7 nitrogen and oxygen atoms in total. The van der Waals surface area contributed by atoms with Crippen molar-refractivity contribution in [1.82, 2.24) is 14.5 Å². The molecule has 1 saturated carbocycles. The number of methoxy groups -OCH3 is 1. The highest BCUT2D eigenvalue weighted by atomic mass is 32.1. The van der Waals surface area contributed by atoms with Crippen molar-refractivity contribution >= 4 is 39.0 Å². The highest BCUT2D eigenvalue weighted by Crippen LogP contribution is 2.45. The summed E-state index contributed by atoms with van der Waals surface area (Å²) in [6.07, 6.45) is 9.31. The van der Waals surface area contributed by atoms with Gasteiger partial charge in [0.25, 0.3) is 0 Å². The monoisotopic (exact) mass is 469 g/mol. The molecule has 1 aromatic carbocycles. The number of ether oxygens (including phenoxy) is 1. The Morgan fingerprint density at radius 2 is 1.97 bits per heavy atom. The summed E-state index contributed by atoms with van der Waals surface area (Å²) in [6.45, 7) is 1.80. The summed E-state index contributed by atoms with van der Waals surface area (Å²) in [7, 11) is 7.53. The maximum Gasteiger partial charge on any atom is 0.343 e. The average molecular weight is 470 g/mol. The quantitative estimate of drug-likeness (QED) is 0.467. The van der Waals surface area contributed by atoms with E-state index >= 15 is 0 Å². The van der Waals surface area contributed by atoms with E-state index in [9.17, 15) is 4.79 Å². The highest BCUT2D eigenvalue weighted by Gasteiger charge is 2.26. The number of carbonyl (C=O) groups is 1. The van der Waals surface area contributed by atoms with Crippen LogP contribution in [0.25, 0.3) is 21.5 Å². The lowest BCUT2D eigenvalue weighted by Crippen LogP contribution is -2.24. The van der Waals surface area contributed by atoms with Crippen LogP contribution in [0.15, 0.2) is 24.5 Å². The van der Waals surface area contributed by atoms with Crippen LogP contribution in [0.3, 0.4) is 0 Å². The molecule has 1 fully saturated rings. The zero-order valence-electron chi connectivity index (χ0n) is 20.1. The first kappa shape index (κ1) is 23.6. The molecule has 0 bridgehead atoms. The van der Waals surface area contributed by atoms with Crippen molar-refractivity contribution in [1.29, 1.82) is 0 Å². The summed E-state index contributed by atoms with van der Waals surface area (Å²) in [4.78, 5) is 22.5. The fourth-order valence-corrected chi connectivity index (χ4v) is 5.96. The van der Waals surface area contributed by atoms with Crippen LogP contribution in [0.1, 0.15) is 54.9 Å². The van der Waals surface area contributed by atoms with E-state index in [1.807, 2.05) is 13.4 Å². The Morgan fingerprint density at radius 1 is 1.21 bits per heavy atom. The molecular formula is C25H35N5O2S. The molecule has 0 atom stereocenters. The number of aromatic nitrogens is 2. The summed E-state index contributed by atoms with van der Waals surface area (Å²) < 4.78 is 7.41. The Balaban J connectivity index is 1.67. The number of nitrogen functional groups attached to an aromatic ring is 1. The summed E-state index contributed by atoms with van der Waals surface area (Å²) in [5.74, 6) is -0.396. The Hall–Kier alpha value is -2.58. The fraction of sp³-hybridized carbons (Fsp3) is 0.520. The molecule has 2 N–H and O–H groups in total. The molecule has 1 aliphatic rings. The van der Waals surface area contributed by atoms with Crippen molar-refractivity contribution in [2.75, 3.05) is 52.0 Å². The molecule has 0 aliphatic heterocycles. The first-order chi connectivity index (χ1) is 15.9. The van der Waals surface area contributed by atoms with Crippen molar-refractivity contribution in [3.8, 4) is 10.4 Å². The van der Waals surface area contributed by atoms with Gasteiger partial charge >= 0.3 is 5.97 Å². The summed E-state index contributed by atoms with van der Waals surface area (Å²) in [5, 5.41) is 0.848.